The van der Waals surface area contributed by atoms with Crippen LogP contribution in [0.2, 0.25) is 0 Å². The van der Waals surface area contributed by atoms with Crippen LogP contribution in [0, 0.1) is 29.6 Å². The lowest BCUT2D eigenvalue weighted by Crippen LogP contribution is -2.62. The van der Waals surface area contributed by atoms with Gasteiger partial charge in [-0.3, -0.25) is 67.3 Å². The van der Waals surface area contributed by atoms with Crippen molar-refractivity contribution in [3.63, 3.8) is 0 Å². The molecule has 0 saturated carbocycles. The van der Waals surface area contributed by atoms with E-state index in [2.05, 4.69) is 68.8 Å². The molecule has 0 fully saturated rings. The lowest BCUT2D eigenvalue weighted by Gasteiger charge is -2.30. The van der Waals surface area contributed by atoms with Gasteiger partial charge < -0.3 is 96.3 Å². The van der Waals surface area contributed by atoms with Crippen molar-refractivity contribution in [2.45, 2.75) is 182 Å². The average Bonchev–Trinajstić information content (AvgIpc) is 1.87. The molecule has 0 aliphatic carbocycles. The number of carbonyl (C=O) groups excluding carboxylic acids is 12. The third kappa shape index (κ3) is 29.5. The van der Waals surface area contributed by atoms with E-state index in [1.54, 1.807) is 99.6 Å². The molecule has 33 nitrogen and oxygen atoms in total. The number of carboxylic acids is 2. The van der Waals surface area contributed by atoms with Crippen molar-refractivity contribution in [3.8, 4) is 0 Å². The summed E-state index contributed by atoms with van der Waals surface area (Å²) in [5.41, 5.74) is 17.2. The molecule has 0 saturated heterocycles. The zero-order chi connectivity index (χ0) is 69.6. The van der Waals surface area contributed by atoms with Gasteiger partial charge >= 0.3 is 11.9 Å². The second-order valence-electron chi connectivity index (χ2n) is 23.4. The maximum absolute atomic E-state index is 13.8. The van der Waals surface area contributed by atoms with Crippen LogP contribution in [0.15, 0.2) is 35.3 Å². The number of rotatable bonds is 40. The van der Waals surface area contributed by atoms with Crippen molar-refractivity contribution < 1.29 is 82.4 Å². The molecule has 0 aromatic heterocycles. The summed E-state index contributed by atoms with van der Waals surface area (Å²) in [4.78, 5) is 188. The number of benzene rings is 1. The third-order valence-electron chi connectivity index (χ3n) is 14.2. The first-order valence-corrected chi connectivity index (χ1v) is 29.9. The first kappa shape index (κ1) is 80.0. The Morgan fingerprint density at radius 1 is 0.473 bits per heavy atom. The Balaban J connectivity index is 3.17. The zero-order valence-corrected chi connectivity index (χ0v) is 53.7. The number of carbonyl (C=O) groups is 14. The summed E-state index contributed by atoms with van der Waals surface area (Å²) < 4.78 is 0. The van der Waals surface area contributed by atoms with Crippen LogP contribution in [-0.2, 0) is 73.5 Å². The van der Waals surface area contributed by atoms with E-state index in [4.69, 9.17) is 17.2 Å². The normalized spacial score (nSPS) is 15.1. The monoisotopic (exact) mass is 1290 g/mol. The number of nitrogens with zero attached hydrogens (tertiary/aromatic N) is 1. The van der Waals surface area contributed by atoms with E-state index < -0.39 is 199 Å². The largest absolute Gasteiger partial charge is 0.481 e. The van der Waals surface area contributed by atoms with E-state index >= 15 is 0 Å². The first-order chi connectivity index (χ1) is 42.4. The van der Waals surface area contributed by atoms with Crippen LogP contribution in [0.5, 0.6) is 0 Å². The van der Waals surface area contributed by atoms with Crippen molar-refractivity contribution in [2.75, 3.05) is 26.2 Å². The Morgan fingerprint density at radius 2 is 0.912 bits per heavy atom. The van der Waals surface area contributed by atoms with E-state index in [-0.39, 0.29) is 37.7 Å². The molecule has 12 amide bonds. The fraction of sp³-hybridized carbons (Fsp3) is 0.638. The van der Waals surface area contributed by atoms with Gasteiger partial charge in [-0.25, -0.2) is 4.79 Å². The number of aliphatic hydroxyl groups is 1. The quantitative estimate of drug-likeness (QED) is 0.0166. The highest BCUT2D eigenvalue weighted by Crippen LogP contribution is 2.13. The smallest absolute Gasteiger partial charge is 0.326 e. The fourth-order valence-electron chi connectivity index (χ4n) is 8.44. The predicted octanol–water partition coefficient (Wildman–Crippen LogP) is -5.05. The van der Waals surface area contributed by atoms with E-state index in [1.807, 2.05) is 0 Å². The number of nitrogens with one attached hydrogen (secondary N) is 12. The van der Waals surface area contributed by atoms with Crippen LogP contribution in [0.3, 0.4) is 0 Å². The highest BCUT2D eigenvalue weighted by atomic mass is 16.4. The van der Waals surface area contributed by atoms with E-state index in [9.17, 15) is 82.4 Å². The Morgan fingerprint density at radius 3 is 1.37 bits per heavy atom. The topological polar surface area (TPSA) is 534 Å². The molecule has 33 heteroatoms. The van der Waals surface area contributed by atoms with Crippen LogP contribution in [0.25, 0.3) is 0 Å². The van der Waals surface area contributed by atoms with Crippen molar-refractivity contribution in [2.24, 2.45) is 51.8 Å². The van der Waals surface area contributed by atoms with E-state index in [0.29, 0.717) is 12.0 Å². The minimum absolute atomic E-state index is 0.0110. The molecule has 0 spiro atoms. The maximum atomic E-state index is 13.8. The standard InChI is InChI=1S/C58H96N16O17/c1-13-31(10)46(57(90)91)73-51(84)37(23-41(79)80)69-50(83)36(22-34-18-15-14-16-19-34)68-48(81)32(11)66-38(76)24-63-49(82)35(20-17-21-62-58(60)61)67-39(77)25-65-53(86)47(33(12)75)74-56(89)45(30(8)9)72-55(88)44(29(6)7)71-54(87)43(28(4)5)70-40(78)26-64-52(85)42(59)27(2)3/h14-16,18-19,27-33,35-37,42-47,75H,13,17,20-26,59H2,1-12H3,(H,63,82)(H,64,85)(H,65,86)(H,66,76)(H,67,77)(H,68,81)(H,69,83)(H,70,78)(H,71,87)(H,72,88)(H,73,84)(H,74,89)(H,79,80)(H,90,91)(H4,60,61,62)/t31-,32-,33+,35-,36-,37-,42-,43-,44-,45-,46-,47-/m0/s1. The highest BCUT2D eigenvalue weighted by molar-refractivity contribution is 5.99. The van der Waals surface area contributed by atoms with Gasteiger partial charge in [0, 0.05) is 13.0 Å². The van der Waals surface area contributed by atoms with Crippen molar-refractivity contribution in [1.82, 2.24) is 63.8 Å². The maximum Gasteiger partial charge on any atom is 0.326 e. The molecule has 0 bridgehead atoms. The molecule has 0 heterocycles. The lowest BCUT2D eigenvalue weighted by atomic mass is 9.97. The molecule has 510 valence electrons. The second kappa shape index (κ2) is 39.9. The number of aliphatic hydroxyl groups excluding tert-OH is 1. The molecule has 91 heavy (non-hydrogen) atoms. The van der Waals surface area contributed by atoms with Crippen molar-refractivity contribution in [1.29, 1.82) is 0 Å². The Kier molecular flexibility index (Phi) is 35.1. The summed E-state index contributed by atoms with van der Waals surface area (Å²) in [6.45, 7) is 16.7. The van der Waals surface area contributed by atoms with Crippen molar-refractivity contribution in [3.05, 3.63) is 35.9 Å². The van der Waals surface area contributed by atoms with Gasteiger partial charge in [0.1, 0.15) is 54.4 Å². The van der Waals surface area contributed by atoms with Crippen molar-refractivity contribution >= 4 is 88.8 Å². The summed E-state index contributed by atoms with van der Waals surface area (Å²) in [5.74, 6) is -16.4. The lowest BCUT2D eigenvalue weighted by molar-refractivity contribution is -0.145. The second-order valence-corrected chi connectivity index (χ2v) is 23.4. The minimum atomic E-state index is -1.78. The predicted molar refractivity (Wildman–Crippen MR) is 330 cm³/mol. The highest BCUT2D eigenvalue weighted by Gasteiger charge is 2.37. The molecule has 21 N–H and O–H groups in total. The van der Waals surface area contributed by atoms with Crippen LogP contribution < -0.4 is 81.0 Å². The van der Waals surface area contributed by atoms with Gasteiger partial charge in [0.15, 0.2) is 5.96 Å². The summed E-state index contributed by atoms with van der Waals surface area (Å²) in [5, 5.41) is 59.0. The van der Waals surface area contributed by atoms with Gasteiger partial charge in [0.25, 0.3) is 0 Å². The SMILES string of the molecule is CC[C@H](C)[C@H](NC(=O)[C@H](CC(=O)O)NC(=O)[C@H](Cc1ccccc1)NC(=O)[C@H](C)NC(=O)CNC(=O)[C@H](CCCN=C(N)N)NC(=O)CNC(=O)[C@@H](NC(=O)[C@@H](NC(=O)[C@@H](NC(=O)[C@@H](NC(=O)CNC(=O)[C@@H](N)C(C)C)C(C)C)C(C)C)C(C)C)[C@@H](C)O)C(=O)O. The summed E-state index contributed by atoms with van der Waals surface area (Å²) in [6, 6.07) is -5.69. The zero-order valence-electron chi connectivity index (χ0n) is 53.7. The summed E-state index contributed by atoms with van der Waals surface area (Å²) in [7, 11) is 0. The molecule has 0 radical (unpaired) electrons. The summed E-state index contributed by atoms with van der Waals surface area (Å²) >= 11 is 0. The molecule has 0 aliphatic heterocycles. The third-order valence-corrected chi connectivity index (χ3v) is 14.2. The van der Waals surface area contributed by atoms with Gasteiger partial charge in [-0.05, 0) is 61.8 Å². The van der Waals surface area contributed by atoms with Gasteiger partial charge in [0.2, 0.25) is 70.9 Å². The Bertz CT molecular complexity index is 2710. The minimum Gasteiger partial charge on any atom is -0.481 e. The van der Waals surface area contributed by atoms with Crippen LogP contribution in [0.1, 0.15) is 114 Å². The number of carboxylic acid groups (broad SMARTS) is 2. The van der Waals surface area contributed by atoms with Gasteiger partial charge in [-0.1, -0.05) is 106 Å². The number of aliphatic carboxylic acids is 2. The molecule has 1 aromatic carbocycles. The average molecular weight is 1290 g/mol. The molecule has 1 aromatic rings. The molecule has 1 rings (SSSR count). The summed E-state index contributed by atoms with van der Waals surface area (Å²) in [6.07, 6.45) is -2.46. The molecular weight excluding hydrogens is 1190 g/mol. The fourth-order valence-corrected chi connectivity index (χ4v) is 8.44. The van der Waals surface area contributed by atoms with Gasteiger partial charge in [0.05, 0.1) is 38.2 Å². The van der Waals surface area contributed by atoms with Crippen LogP contribution in [0.4, 0.5) is 0 Å². The number of nitrogens with two attached hydrogens (primary N) is 3. The van der Waals surface area contributed by atoms with E-state index in [0.717, 1.165) is 0 Å². The number of hydrogen-bond acceptors (Lipinski definition) is 17. The van der Waals surface area contributed by atoms with Crippen LogP contribution in [-0.4, -0.2) is 197 Å². The first-order valence-electron chi connectivity index (χ1n) is 29.9. The van der Waals surface area contributed by atoms with E-state index in [1.165, 1.54) is 13.8 Å². The van der Waals surface area contributed by atoms with Crippen LogP contribution >= 0.6 is 0 Å². The number of guanidine groups is 1. The number of amides is 12. The van der Waals surface area contributed by atoms with Gasteiger partial charge in [-0.2, -0.15) is 0 Å². The Labute approximate surface area is 529 Å². The molecule has 0 unspecified atom stereocenters. The van der Waals surface area contributed by atoms with Gasteiger partial charge in [-0.15, -0.1) is 0 Å². The number of aliphatic imine (C=N–C) groups is 1. The molecule has 0 aliphatic rings. The molecule has 12 atom stereocenters. The molecular formula is C58H96N16O17. The number of hydrogen-bond donors (Lipinski definition) is 18. The Hall–Kier alpha value is -9.01.